The van der Waals surface area contributed by atoms with E-state index in [1.165, 1.54) is 21.4 Å². The van der Waals surface area contributed by atoms with Gasteiger partial charge >= 0.3 is 5.69 Å². The largest absolute Gasteiger partial charge is 0.388 e. The summed E-state index contributed by atoms with van der Waals surface area (Å²) in [4.78, 5) is 12.8. The number of halogens is 1. The van der Waals surface area contributed by atoms with Crippen molar-refractivity contribution in [2.75, 3.05) is 0 Å². The molecular weight excluding hydrogens is 349 g/mol. The molecule has 0 amide bonds. The number of aromatic nitrogens is 5. The third-order valence-corrected chi connectivity index (χ3v) is 4.25. The van der Waals surface area contributed by atoms with E-state index >= 15 is 0 Å². The molecule has 2 N–H and O–H groups in total. The number of nitrogens with zero attached hydrogens (tertiary/aromatic N) is 4. The van der Waals surface area contributed by atoms with Crippen molar-refractivity contribution in [1.82, 2.24) is 24.5 Å². The Hall–Kier alpha value is -3.52. The molecule has 0 aliphatic rings. The van der Waals surface area contributed by atoms with Crippen LogP contribution in [0.2, 0.25) is 0 Å². The maximum atomic E-state index is 13.4. The van der Waals surface area contributed by atoms with Gasteiger partial charge in [0.15, 0.2) is 5.82 Å². The Morgan fingerprint density at radius 3 is 2.59 bits per heavy atom. The fourth-order valence-corrected chi connectivity index (χ4v) is 2.90. The summed E-state index contributed by atoms with van der Waals surface area (Å²) in [7, 11) is 0. The molecule has 0 bridgehead atoms. The van der Waals surface area contributed by atoms with Gasteiger partial charge in [0.2, 0.25) is 0 Å². The van der Waals surface area contributed by atoms with E-state index in [0.29, 0.717) is 11.3 Å². The van der Waals surface area contributed by atoms with Crippen LogP contribution >= 0.6 is 0 Å². The SMILES string of the molecule is O=c1n(-c2ccc(-c3cn[nH]c3)cc2)nc(CO)n1Cc1cccc(F)c1. The van der Waals surface area contributed by atoms with E-state index in [4.69, 9.17) is 0 Å². The minimum absolute atomic E-state index is 0.125. The smallest absolute Gasteiger partial charge is 0.351 e. The number of rotatable bonds is 5. The van der Waals surface area contributed by atoms with Crippen LogP contribution in [-0.2, 0) is 13.2 Å². The summed E-state index contributed by atoms with van der Waals surface area (Å²) in [5.74, 6) is -0.170. The number of nitrogens with one attached hydrogen (secondary N) is 1. The highest BCUT2D eigenvalue weighted by Crippen LogP contribution is 2.19. The van der Waals surface area contributed by atoms with Crippen molar-refractivity contribution in [2.45, 2.75) is 13.2 Å². The van der Waals surface area contributed by atoms with E-state index in [1.54, 1.807) is 36.7 Å². The van der Waals surface area contributed by atoms with E-state index in [-0.39, 0.29) is 18.2 Å². The van der Waals surface area contributed by atoms with E-state index in [0.717, 1.165) is 11.1 Å². The summed E-state index contributed by atoms with van der Waals surface area (Å²) in [5.41, 5.74) is 2.66. The molecule has 0 unspecified atom stereocenters. The number of benzene rings is 2. The Morgan fingerprint density at radius 1 is 1.11 bits per heavy atom. The first kappa shape index (κ1) is 16.9. The lowest BCUT2D eigenvalue weighted by Gasteiger charge is -2.04. The second-order valence-corrected chi connectivity index (χ2v) is 6.02. The van der Waals surface area contributed by atoms with Gasteiger partial charge in [-0.05, 0) is 35.4 Å². The predicted molar refractivity (Wildman–Crippen MR) is 96.8 cm³/mol. The van der Waals surface area contributed by atoms with Gasteiger partial charge in [0.25, 0.3) is 0 Å². The molecule has 0 spiro atoms. The van der Waals surface area contributed by atoms with Gasteiger partial charge in [-0.2, -0.15) is 9.78 Å². The van der Waals surface area contributed by atoms with Gasteiger partial charge in [-0.15, -0.1) is 5.10 Å². The van der Waals surface area contributed by atoms with Crippen LogP contribution < -0.4 is 5.69 Å². The number of H-pyrrole nitrogens is 1. The van der Waals surface area contributed by atoms with Gasteiger partial charge in [0.05, 0.1) is 18.4 Å². The number of aliphatic hydroxyl groups is 1. The summed E-state index contributed by atoms with van der Waals surface area (Å²) >= 11 is 0. The normalized spacial score (nSPS) is 11.0. The van der Waals surface area contributed by atoms with Crippen molar-refractivity contribution in [3.05, 3.63) is 88.6 Å². The zero-order chi connectivity index (χ0) is 18.8. The third kappa shape index (κ3) is 3.30. The van der Waals surface area contributed by atoms with E-state index in [9.17, 15) is 14.3 Å². The van der Waals surface area contributed by atoms with E-state index in [1.807, 2.05) is 12.1 Å². The number of aromatic amines is 1. The van der Waals surface area contributed by atoms with Gasteiger partial charge in [0, 0.05) is 11.8 Å². The number of hydrogen-bond acceptors (Lipinski definition) is 4. The maximum absolute atomic E-state index is 13.4. The van der Waals surface area contributed by atoms with Crippen LogP contribution in [0, 0.1) is 5.82 Å². The van der Waals surface area contributed by atoms with Crippen molar-refractivity contribution in [1.29, 1.82) is 0 Å². The van der Waals surface area contributed by atoms with Gasteiger partial charge in [-0.25, -0.2) is 9.18 Å². The molecule has 8 heteroatoms. The van der Waals surface area contributed by atoms with Crippen LogP contribution in [-0.4, -0.2) is 29.7 Å². The van der Waals surface area contributed by atoms with Crippen LogP contribution in [0.25, 0.3) is 16.8 Å². The summed E-state index contributed by atoms with van der Waals surface area (Å²) in [5, 5.41) is 20.5. The minimum atomic E-state index is -0.403. The van der Waals surface area contributed by atoms with Gasteiger partial charge in [0.1, 0.15) is 12.4 Å². The topological polar surface area (TPSA) is 88.7 Å². The third-order valence-electron chi connectivity index (χ3n) is 4.25. The highest BCUT2D eigenvalue weighted by Gasteiger charge is 2.15. The van der Waals surface area contributed by atoms with E-state index < -0.39 is 12.3 Å². The maximum Gasteiger partial charge on any atom is 0.351 e. The second-order valence-electron chi connectivity index (χ2n) is 6.02. The van der Waals surface area contributed by atoms with Gasteiger partial charge in [-0.1, -0.05) is 24.3 Å². The summed E-state index contributed by atoms with van der Waals surface area (Å²) in [6, 6.07) is 13.2. The standard InChI is InChI=1S/C19H16FN5O2/c20-16-3-1-2-13(8-16)11-24-18(12-26)23-25(19(24)27)17-6-4-14(5-7-17)15-9-21-22-10-15/h1-10,26H,11-12H2,(H,21,22). The molecule has 136 valence electrons. The lowest BCUT2D eigenvalue weighted by atomic mass is 10.1. The first-order valence-corrected chi connectivity index (χ1v) is 8.29. The average molecular weight is 365 g/mol. The van der Waals surface area contributed by atoms with Crippen molar-refractivity contribution >= 4 is 0 Å². The lowest BCUT2D eigenvalue weighted by Crippen LogP contribution is -2.25. The number of aliphatic hydroxyl groups excluding tert-OH is 1. The van der Waals surface area contributed by atoms with Crippen LogP contribution in [0.5, 0.6) is 0 Å². The van der Waals surface area contributed by atoms with Crippen molar-refractivity contribution < 1.29 is 9.50 Å². The Labute approximate surface area is 153 Å². The molecular formula is C19H16FN5O2. The van der Waals surface area contributed by atoms with Crippen molar-refractivity contribution in [3.8, 4) is 16.8 Å². The fourth-order valence-electron chi connectivity index (χ4n) is 2.90. The molecule has 0 aliphatic heterocycles. The molecule has 0 fully saturated rings. The van der Waals surface area contributed by atoms with Crippen LogP contribution in [0.1, 0.15) is 11.4 Å². The van der Waals surface area contributed by atoms with Crippen LogP contribution in [0.3, 0.4) is 0 Å². The van der Waals surface area contributed by atoms with Gasteiger partial charge in [-0.3, -0.25) is 9.67 Å². The van der Waals surface area contributed by atoms with E-state index in [2.05, 4.69) is 15.3 Å². The monoisotopic (exact) mass is 365 g/mol. The Bertz CT molecular complexity index is 1110. The molecule has 0 saturated heterocycles. The summed E-state index contributed by atoms with van der Waals surface area (Å²) in [6.45, 7) is -0.274. The zero-order valence-corrected chi connectivity index (χ0v) is 14.2. The van der Waals surface area contributed by atoms with Crippen molar-refractivity contribution in [3.63, 3.8) is 0 Å². The van der Waals surface area contributed by atoms with Gasteiger partial charge < -0.3 is 5.11 Å². The molecule has 2 heterocycles. The zero-order valence-electron chi connectivity index (χ0n) is 14.2. The predicted octanol–water partition coefficient (Wildman–Crippen LogP) is 2.10. The molecule has 4 rings (SSSR count). The first-order chi connectivity index (χ1) is 13.2. The summed E-state index contributed by atoms with van der Waals surface area (Å²) < 4.78 is 16.0. The fraction of sp³-hybridized carbons (Fsp3) is 0.105. The Kier molecular flexibility index (Phi) is 4.39. The molecule has 0 aliphatic carbocycles. The summed E-state index contributed by atoms with van der Waals surface area (Å²) in [6.07, 6.45) is 3.48. The molecule has 7 nitrogen and oxygen atoms in total. The Morgan fingerprint density at radius 2 is 1.93 bits per heavy atom. The molecule has 2 aromatic heterocycles. The highest BCUT2D eigenvalue weighted by atomic mass is 19.1. The quantitative estimate of drug-likeness (QED) is 0.567. The highest BCUT2D eigenvalue weighted by molar-refractivity contribution is 5.62. The van der Waals surface area contributed by atoms with Crippen LogP contribution in [0.15, 0.2) is 65.7 Å². The first-order valence-electron chi connectivity index (χ1n) is 8.29. The van der Waals surface area contributed by atoms with Crippen molar-refractivity contribution in [2.24, 2.45) is 0 Å². The molecule has 0 saturated carbocycles. The minimum Gasteiger partial charge on any atom is -0.388 e. The lowest BCUT2D eigenvalue weighted by molar-refractivity contribution is 0.265. The molecule has 27 heavy (non-hydrogen) atoms. The molecule has 2 aromatic carbocycles. The molecule has 0 atom stereocenters. The Balaban J connectivity index is 1.70. The average Bonchev–Trinajstić information content (AvgIpc) is 3.31. The number of hydrogen-bond donors (Lipinski definition) is 2. The van der Waals surface area contributed by atoms with Crippen LogP contribution in [0.4, 0.5) is 4.39 Å². The second kappa shape index (κ2) is 7.00. The molecule has 4 aromatic rings. The molecule has 0 radical (unpaired) electrons.